The van der Waals surface area contributed by atoms with Crippen molar-refractivity contribution in [1.82, 2.24) is 4.98 Å². The largest absolute Gasteiger partial charge is 0.509 e. The molecule has 0 aliphatic heterocycles. The highest BCUT2D eigenvalue weighted by atomic mass is 35.5. The third-order valence-corrected chi connectivity index (χ3v) is 2.68. The first-order valence-corrected chi connectivity index (χ1v) is 6.09. The number of ether oxygens (including phenoxy) is 4. The van der Waals surface area contributed by atoms with Crippen LogP contribution in [0.4, 0.5) is 9.59 Å². The topological polar surface area (TPSA) is 84.0 Å². The number of pyridine rings is 1. The van der Waals surface area contributed by atoms with Gasteiger partial charge in [0.2, 0.25) is 11.1 Å². The number of aromatic nitrogens is 1. The van der Waals surface area contributed by atoms with E-state index in [4.69, 9.17) is 32.7 Å². The highest BCUT2D eigenvalue weighted by molar-refractivity contribution is 6.22. The number of carbonyl (C=O) groups is 2. The molecular weight excluding hydrogens is 313 g/mol. The molecule has 7 nitrogen and oxygen atoms in total. The molecule has 2 atom stereocenters. The van der Waals surface area contributed by atoms with Crippen LogP contribution in [0.3, 0.4) is 0 Å². The molecule has 0 radical (unpaired) electrons. The van der Waals surface area contributed by atoms with Crippen molar-refractivity contribution in [2.75, 3.05) is 14.2 Å². The van der Waals surface area contributed by atoms with Crippen molar-refractivity contribution >= 4 is 35.5 Å². The van der Waals surface area contributed by atoms with E-state index >= 15 is 0 Å². The van der Waals surface area contributed by atoms with Gasteiger partial charge in [-0.1, -0.05) is 29.3 Å². The zero-order chi connectivity index (χ0) is 15.1. The van der Waals surface area contributed by atoms with Gasteiger partial charge in [0.25, 0.3) is 0 Å². The first-order chi connectivity index (χ1) is 9.49. The van der Waals surface area contributed by atoms with Gasteiger partial charge in [0.15, 0.2) is 0 Å². The quantitative estimate of drug-likeness (QED) is 0.621. The molecule has 0 amide bonds. The van der Waals surface area contributed by atoms with E-state index < -0.39 is 23.4 Å². The van der Waals surface area contributed by atoms with Crippen LogP contribution in [0.2, 0.25) is 0 Å². The summed E-state index contributed by atoms with van der Waals surface area (Å²) in [4.78, 5) is 26.0. The Kier molecular flexibility index (Phi) is 6.33. The Morgan fingerprint density at radius 1 is 1.10 bits per heavy atom. The van der Waals surface area contributed by atoms with Crippen LogP contribution in [-0.4, -0.2) is 31.5 Å². The fourth-order valence-electron chi connectivity index (χ4n) is 1.20. The van der Waals surface area contributed by atoms with Gasteiger partial charge in [-0.15, -0.1) is 0 Å². The Morgan fingerprint density at radius 2 is 1.65 bits per heavy atom. The van der Waals surface area contributed by atoms with Crippen LogP contribution < -0.4 is 0 Å². The first kappa shape index (κ1) is 16.3. The molecule has 9 heteroatoms. The van der Waals surface area contributed by atoms with Crippen molar-refractivity contribution in [2.45, 2.75) is 11.1 Å². The molecule has 0 N–H and O–H groups in total. The van der Waals surface area contributed by atoms with E-state index in [1.165, 1.54) is 12.3 Å². The van der Waals surface area contributed by atoms with Crippen LogP contribution in [0.1, 0.15) is 22.4 Å². The minimum atomic E-state index is -1.25. The number of carbonyl (C=O) groups excluding carboxylic acids is 2. The van der Waals surface area contributed by atoms with Crippen molar-refractivity contribution in [3.8, 4) is 0 Å². The van der Waals surface area contributed by atoms with Crippen LogP contribution in [0.15, 0.2) is 18.3 Å². The van der Waals surface area contributed by atoms with E-state index in [-0.39, 0.29) is 11.3 Å². The Labute approximate surface area is 124 Å². The molecule has 0 bridgehead atoms. The van der Waals surface area contributed by atoms with Crippen LogP contribution >= 0.6 is 23.2 Å². The van der Waals surface area contributed by atoms with E-state index in [1.807, 2.05) is 0 Å². The Hall–Kier alpha value is -1.73. The van der Waals surface area contributed by atoms with Gasteiger partial charge in [0.05, 0.1) is 14.2 Å². The lowest BCUT2D eigenvalue weighted by Gasteiger charge is -2.16. The molecule has 20 heavy (non-hydrogen) atoms. The summed E-state index contributed by atoms with van der Waals surface area (Å²) in [5.41, 5.74) is -2.08. The second kappa shape index (κ2) is 7.76. The van der Waals surface area contributed by atoms with Gasteiger partial charge in [-0.05, 0) is 6.07 Å². The highest BCUT2D eigenvalue weighted by Crippen LogP contribution is 2.31. The van der Waals surface area contributed by atoms with E-state index in [1.54, 1.807) is 6.07 Å². The second-order valence-electron chi connectivity index (χ2n) is 3.25. The number of hydrogen-bond donors (Lipinski definition) is 0. The minimum absolute atomic E-state index is 0.114. The molecule has 1 aromatic heterocycles. The number of hydrogen-bond acceptors (Lipinski definition) is 7. The van der Waals surface area contributed by atoms with Gasteiger partial charge in [0, 0.05) is 11.8 Å². The molecule has 110 valence electrons. The summed E-state index contributed by atoms with van der Waals surface area (Å²) in [5.74, 6) is 0. The van der Waals surface area contributed by atoms with E-state index in [9.17, 15) is 9.59 Å². The summed E-state index contributed by atoms with van der Waals surface area (Å²) in [6.07, 6.45) is -0.544. The third kappa shape index (κ3) is 4.43. The summed E-state index contributed by atoms with van der Waals surface area (Å²) in [7, 11) is 2.27. The van der Waals surface area contributed by atoms with Crippen LogP contribution in [-0.2, 0) is 18.9 Å². The van der Waals surface area contributed by atoms with Gasteiger partial charge in [-0.3, -0.25) is 4.98 Å². The summed E-state index contributed by atoms with van der Waals surface area (Å²) in [6, 6.07) is 3.07. The van der Waals surface area contributed by atoms with Crippen LogP contribution in [0, 0.1) is 0 Å². The number of rotatable bonds is 4. The fraction of sp³-hybridized carbons (Fsp3) is 0.364. The lowest BCUT2D eigenvalue weighted by atomic mass is 10.2. The molecule has 0 saturated carbocycles. The molecule has 1 rings (SSSR count). The zero-order valence-corrected chi connectivity index (χ0v) is 12.1. The number of methoxy groups -OCH3 is 2. The second-order valence-corrected chi connectivity index (χ2v) is 4.05. The van der Waals surface area contributed by atoms with E-state index in [2.05, 4.69) is 14.5 Å². The summed E-state index contributed by atoms with van der Waals surface area (Å²) in [5, 5.41) is 0. The maximum atomic E-state index is 11.0. The molecule has 0 aromatic carbocycles. The number of alkyl halides is 2. The lowest BCUT2D eigenvalue weighted by molar-refractivity contribution is 0.0541. The molecule has 0 spiro atoms. The summed E-state index contributed by atoms with van der Waals surface area (Å²) >= 11 is 11.8. The molecule has 2 unspecified atom stereocenters. The van der Waals surface area contributed by atoms with E-state index in [0.29, 0.717) is 0 Å². The Balaban J connectivity index is 2.92. The van der Waals surface area contributed by atoms with Gasteiger partial charge in [0.1, 0.15) is 5.69 Å². The van der Waals surface area contributed by atoms with E-state index in [0.717, 1.165) is 14.2 Å². The van der Waals surface area contributed by atoms with Crippen molar-refractivity contribution in [3.63, 3.8) is 0 Å². The van der Waals surface area contributed by atoms with Crippen LogP contribution in [0.5, 0.6) is 0 Å². The average molecular weight is 324 g/mol. The van der Waals surface area contributed by atoms with Crippen molar-refractivity contribution in [2.24, 2.45) is 0 Å². The maximum Gasteiger partial charge on any atom is 0.509 e. The molecular formula is C11H11Cl2NO6. The fourth-order valence-corrected chi connectivity index (χ4v) is 1.71. The van der Waals surface area contributed by atoms with Crippen molar-refractivity contribution in [3.05, 3.63) is 29.6 Å². The van der Waals surface area contributed by atoms with Crippen molar-refractivity contribution < 1.29 is 28.5 Å². The number of nitrogens with zero attached hydrogens (tertiary/aromatic N) is 1. The molecule has 0 saturated heterocycles. The molecule has 0 aliphatic rings. The standard InChI is InChI=1S/C11H11Cl2NO6/c1-17-10(15)19-8(12)6-4-3-5-14-7(6)9(13)20-11(16)18-2/h3-5,8-9H,1-2H3. The Morgan fingerprint density at radius 3 is 2.20 bits per heavy atom. The SMILES string of the molecule is COC(=O)OC(Cl)c1cccnc1C(Cl)OC(=O)OC. The predicted octanol–water partition coefficient (Wildman–Crippen LogP) is 3.12. The molecule has 1 heterocycles. The van der Waals surface area contributed by atoms with Crippen LogP contribution in [0.25, 0.3) is 0 Å². The maximum absolute atomic E-state index is 11.0. The van der Waals surface area contributed by atoms with Crippen molar-refractivity contribution in [1.29, 1.82) is 0 Å². The molecule has 1 aromatic rings. The molecule has 0 fully saturated rings. The zero-order valence-electron chi connectivity index (χ0n) is 10.5. The van der Waals surface area contributed by atoms with Gasteiger partial charge < -0.3 is 18.9 Å². The van der Waals surface area contributed by atoms with Gasteiger partial charge in [-0.25, -0.2) is 9.59 Å². The first-order valence-electron chi connectivity index (χ1n) is 5.21. The number of halogens is 2. The third-order valence-electron chi connectivity index (χ3n) is 2.06. The average Bonchev–Trinajstić information content (AvgIpc) is 2.46. The normalized spacial score (nSPS) is 13.0. The highest BCUT2D eigenvalue weighted by Gasteiger charge is 2.25. The smallest absolute Gasteiger partial charge is 0.438 e. The minimum Gasteiger partial charge on any atom is -0.438 e. The molecule has 0 aliphatic carbocycles. The summed E-state index contributed by atoms with van der Waals surface area (Å²) < 4.78 is 18.1. The monoisotopic (exact) mass is 323 g/mol. The predicted molar refractivity (Wildman–Crippen MR) is 68.4 cm³/mol. The Bertz CT molecular complexity index is 441. The van der Waals surface area contributed by atoms with Gasteiger partial charge in [-0.2, -0.15) is 0 Å². The lowest BCUT2D eigenvalue weighted by Crippen LogP contribution is -2.13. The summed E-state index contributed by atoms with van der Waals surface area (Å²) in [6.45, 7) is 0. The van der Waals surface area contributed by atoms with Gasteiger partial charge >= 0.3 is 12.3 Å².